The summed E-state index contributed by atoms with van der Waals surface area (Å²) in [4.78, 5) is 11.0. The van der Waals surface area contributed by atoms with Crippen molar-refractivity contribution in [2.75, 3.05) is 0 Å². The highest BCUT2D eigenvalue weighted by atomic mass is 16.3. The van der Waals surface area contributed by atoms with Crippen molar-refractivity contribution in [1.82, 2.24) is 5.32 Å². The molecule has 0 aromatic heterocycles. The molecule has 2 aliphatic rings. The quantitative estimate of drug-likeness (QED) is 0.504. The second kappa shape index (κ2) is 3.08. The molecular formula is C12H19NO2. The van der Waals surface area contributed by atoms with Crippen LogP contribution in [0.25, 0.3) is 0 Å². The van der Waals surface area contributed by atoms with Crippen molar-refractivity contribution in [2.24, 2.45) is 11.8 Å². The van der Waals surface area contributed by atoms with Gasteiger partial charge >= 0.3 is 0 Å². The van der Waals surface area contributed by atoms with Crippen LogP contribution in [0.3, 0.4) is 0 Å². The Morgan fingerprint density at radius 2 is 2.07 bits per heavy atom. The average Bonchev–Trinajstić information content (AvgIpc) is 2.18. The molecule has 1 spiro atoms. The van der Waals surface area contributed by atoms with Crippen LogP contribution in [0, 0.1) is 11.8 Å². The van der Waals surface area contributed by atoms with Crippen molar-refractivity contribution >= 4 is 5.91 Å². The molecule has 1 amide bonds. The van der Waals surface area contributed by atoms with Crippen molar-refractivity contribution < 1.29 is 9.90 Å². The minimum Gasteiger partial charge on any atom is -0.386 e. The van der Waals surface area contributed by atoms with Crippen LogP contribution in [0.2, 0.25) is 0 Å². The number of aliphatic hydroxyl groups is 1. The molecule has 0 aromatic carbocycles. The first-order chi connectivity index (χ1) is 6.93. The molecule has 1 aliphatic carbocycles. The molecule has 84 valence electrons. The third-order valence-electron chi connectivity index (χ3n) is 4.41. The van der Waals surface area contributed by atoms with E-state index in [2.05, 4.69) is 19.2 Å². The number of β-lactam (4-membered cyclic amide) rings is 1. The lowest BCUT2D eigenvalue weighted by atomic mass is 9.61. The number of hydrogen-bond donors (Lipinski definition) is 2. The van der Waals surface area contributed by atoms with Gasteiger partial charge in [0, 0.05) is 0 Å². The molecule has 0 radical (unpaired) electrons. The van der Waals surface area contributed by atoms with Gasteiger partial charge in [0.2, 0.25) is 5.91 Å². The average molecular weight is 209 g/mol. The second-order valence-corrected chi connectivity index (χ2v) is 5.02. The van der Waals surface area contributed by atoms with Gasteiger partial charge in [0.15, 0.2) is 0 Å². The maximum Gasteiger partial charge on any atom is 0.223 e. The lowest BCUT2D eigenvalue weighted by Crippen LogP contribution is -2.67. The molecule has 1 heterocycles. The van der Waals surface area contributed by atoms with E-state index in [0.29, 0.717) is 6.42 Å². The van der Waals surface area contributed by atoms with E-state index in [1.807, 2.05) is 19.1 Å². The molecule has 15 heavy (non-hydrogen) atoms. The van der Waals surface area contributed by atoms with E-state index in [4.69, 9.17) is 0 Å². The highest BCUT2D eigenvalue weighted by Crippen LogP contribution is 2.44. The van der Waals surface area contributed by atoms with Crippen LogP contribution in [0.5, 0.6) is 0 Å². The Labute approximate surface area is 90.6 Å². The summed E-state index contributed by atoms with van der Waals surface area (Å²) in [7, 11) is 0. The van der Waals surface area contributed by atoms with E-state index in [1.165, 1.54) is 0 Å². The third kappa shape index (κ3) is 1.33. The third-order valence-corrected chi connectivity index (χ3v) is 4.41. The Balaban J connectivity index is 2.28. The fraction of sp³-hybridized carbons (Fsp3) is 0.750. The minimum absolute atomic E-state index is 0.112. The second-order valence-electron chi connectivity index (χ2n) is 5.02. The van der Waals surface area contributed by atoms with E-state index in [1.54, 1.807) is 0 Å². The van der Waals surface area contributed by atoms with Crippen molar-refractivity contribution in [3.05, 3.63) is 12.2 Å². The maximum atomic E-state index is 11.0. The number of carbonyl (C=O) groups is 1. The first-order valence-electron chi connectivity index (χ1n) is 5.67. The normalized spacial score (nSPS) is 48.9. The predicted octanol–water partition coefficient (Wildman–Crippen LogP) is 1.23. The summed E-state index contributed by atoms with van der Waals surface area (Å²) in [6.45, 7) is 6.16. The molecule has 2 rings (SSSR count). The van der Waals surface area contributed by atoms with E-state index < -0.39 is 5.60 Å². The summed E-state index contributed by atoms with van der Waals surface area (Å²) in [6, 6.07) is 0. The monoisotopic (exact) mass is 209 g/mol. The van der Waals surface area contributed by atoms with Crippen LogP contribution < -0.4 is 5.32 Å². The van der Waals surface area contributed by atoms with Crippen molar-refractivity contribution in [2.45, 2.75) is 44.8 Å². The number of rotatable bonds is 1. The summed E-state index contributed by atoms with van der Waals surface area (Å²) in [6.07, 6.45) is 5.15. The summed E-state index contributed by atoms with van der Waals surface area (Å²) in [5.74, 6) is 0.568. The summed E-state index contributed by atoms with van der Waals surface area (Å²) in [5.41, 5.74) is -0.886. The van der Waals surface area contributed by atoms with Gasteiger partial charge in [0.1, 0.15) is 0 Å². The zero-order valence-electron chi connectivity index (χ0n) is 9.58. The Kier molecular flexibility index (Phi) is 2.19. The molecule has 1 unspecified atom stereocenters. The van der Waals surface area contributed by atoms with Gasteiger partial charge in [-0.15, -0.1) is 0 Å². The Morgan fingerprint density at radius 3 is 2.53 bits per heavy atom. The minimum atomic E-state index is -0.703. The van der Waals surface area contributed by atoms with Gasteiger partial charge in [-0.1, -0.05) is 32.9 Å². The van der Waals surface area contributed by atoms with Gasteiger partial charge < -0.3 is 10.4 Å². The Bertz CT molecular complexity index is 316. The summed E-state index contributed by atoms with van der Waals surface area (Å²) in [5, 5.41) is 13.3. The lowest BCUT2D eigenvalue weighted by Gasteiger charge is -2.53. The van der Waals surface area contributed by atoms with Crippen LogP contribution in [0.15, 0.2) is 12.2 Å². The molecule has 1 aliphatic heterocycles. The van der Waals surface area contributed by atoms with Gasteiger partial charge in [-0.2, -0.15) is 0 Å². The molecule has 0 bridgehead atoms. The van der Waals surface area contributed by atoms with Gasteiger partial charge in [-0.3, -0.25) is 4.79 Å². The Morgan fingerprint density at radius 1 is 1.47 bits per heavy atom. The zero-order valence-corrected chi connectivity index (χ0v) is 9.58. The number of nitrogens with one attached hydrogen (secondary N) is 1. The number of amides is 1. The fourth-order valence-corrected chi connectivity index (χ4v) is 2.80. The van der Waals surface area contributed by atoms with Gasteiger partial charge in [0.25, 0.3) is 0 Å². The van der Waals surface area contributed by atoms with Crippen LogP contribution >= 0.6 is 0 Å². The Hall–Kier alpha value is -0.830. The lowest BCUT2D eigenvalue weighted by molar-refractivity contribution is -0.136. The van der Waals surface area contributed by atoms with Gasteiger partial charge in [-0.25, -0.2) is 0 Å². The molecular weight excluding hydrogens is 190 g/mol. The molecule has 3 heteroatoms. The van der Waals surface area contributed by atoms with Crippen LogP contribution in [0.4, 0.5) is 0 Å². The maximum absolute atomic E-state index is 11.0. The van der Waals surface area contributed by atoms with E-state index in [-0.39, 0.29) is 23.3 Å². The smallest absolute Gasteiger partial charge is 0.223 e. The van der Waals surface area contributed by atoms with Crippen LogP contribution in [-0.4, -0.2) is 22.2 Å². The highest BCUT2D eigenvalue weighted by molar-refractivity contribution is 5.86. The van der Waals surface area contributed by atoms with Crippen molar-refractivity contribution in [3.63, 3.8) is 0 Å². The number of carbonyl (C=O) groups excluding carboxylic acids is 1. The topological polar surface area (TPSA) is 49.3 Å². The SMILES string of the molecule is CC[C@]1(O)C=CC2(CC(=O)N2)[C@H](C)[C@@H]1C. The molecule has 3 nitrogen and oxygen atoms in total. The van der Waals surface area contributed by atoms with E-state index in [0.717, 1.165) is 6.42 Å². The standard InChI is InChI=1S/C12H19NO2/c1-4-12(15)6-5-11(7-10(14)13-11)8(2)9(12)3/h5-6,8-9,15H,4,7H2,1-3H3,(H,13,14)/t8-,9+,11?,12+/m1/s1. The predicted molar refractivity (Wildman–Crippen MR) is 58.2 cm³/mol. The van der Waals surface area contributed by atoms with Crippen LogP contribution in [0.1, 0.15) is 33.6 Å². The molecule has 0 saturated carbocycles. The van der Waals surface area contributed by atoms with Crippen LogP contribution in [-0.2, 0) is 4.79 Å². The van der Waals surface area contributed by atoms with Gasteiger partial charge in [0.05, 0.1) is 17.6 Å². The first-order valence-corrected chi connectivity index (χ1v) is 5.67. The summed E-state index contributed by atoms with van der Waals surface area (Å²) < 4.78 is 0. The van der Waals surface area contributed by atoms with Crippen molar-refractivity contribution in [3.8, 4) is 0 Å². The van der Waals surface area contributed by atoms with Gasteiger partial charge in [-0.05, 0) is 18.3 Å². The van der Waals surface area contributed by atoms with E-state index in [9.17, 15) is 9.90 Å². The fourth-order valence-electron chi connectivity index (χ4n) is 2.80. The van der Waals surface area contributed by atoms with E-state index >= 15 is 0 Å². The zero-order chi connectivity index (χ0) is 11.3. The molecule has 0 aromatic rings. The number of hydrogen-bond acceptors (Lipinski definition) is 2. The van der Waals surface area contributed by atoms with Crippen molar-refractivity contribution in [1.29, 1.82) is 0 Å². The molecule has 1 fully saturated rings. The largest absolute Gasteiger partial charge is 0.386 e. The molecule has 1 saturated heterocycles. The summed E-state index contributed by atoms with van der Waals surface area (Å²) >= 11 is 0. The molecule has 2 N–H and O–H groups in total. The first kappa shape index (κ1) is 10.7. The molecule has 4 atom stereocenters. The highest BCUT2D eigenvalue weighted by Gasteiger charge is 2.53.